The molecule has 0 aromatic carbocycles. The van der Waals surface area contributed by atoms with Gasteiger partial charge in [0.15, 0.2) is 0 Å². The molecule has 1 amide bonds. The van der Waals surface area contributed by atoms with Crippen LogP contribution in [0.25, 0.3) is 0 Å². The highest BCUT2D eigenvalue weighted by Gasteiger charge is 2.26. The molecule has 0 spiro atoms. The van der Waals surface area contributed by atoms with Gasteiger partial charge in [-0.1, -0.05) is 19.3 Å². The van der Waals surface area contributed by atoms with Gasteiger partial charge in [-0.15, -0.1) is 0 Å². The first-order chi connectivity index (χ1) is 6.88. The van der Waals surface area contributed by atoms with Gasteiger partial charge in [0.1, 0.15) is 0 Å². The zero-order valence-corrected chi connectivity index (χ0v) is 8.87. The lowest BCUT2D eigenvalue weighted by Crippen LogP contribution is -2.37. The molecule has 2 fully saturated rings. The highest BCUT2D eigenvalue weighted by Crippen LogP contribution is 2.27. The lowest BCUT2D eigenvalue weighted by Gasteiger charge is -2.31. The SMILES string of the molecule is O=C(C1CCCCC1)N1[CH]CCCC1. The molecular formula is C12H20NO. The molecular weight excluding hydrogens is 174 g/mol. The average Bonchev–Trinajstić information content (AvgIpc) is 2.30. The van der Waals surface area contributed by atoms with E-state index in [2.05, 4.69) is 6.54 Å². The predicted octanol–water partition coefficient (Wildman–Crippen LogP) is 2.74. The van der Waals surface area contributed by atoms with E-state index in [1.165, 1.54) is 32.1 Å². The van der Waals surface area contributed by atoms with Gasteiger partial charge in [-0.25, -0.2) is 0 Å². The van der Waals surface area contributed by atoms with Crippen molar-refractivity contribution in [2.75, 3.05) is 6.54 Å². The van der Waals surface area contributed by atoms with Crippen molar-refractivity contribution in [1.82, 2.24) is 4.90 Å². The van der Waals surface area contributed by atoms with Crippen molar-refractivity contribution in [3.8, 4) is 0 Å². The van der Waals surface area contributed by atoms with Crippen molar-refractivity contribution >= 4 is 5.91 Å². The van der Waals surface area contributed by atoms with Gasteiger partial charge in [-0.2, -0.15) is 0 Å². The van der Waals surface area contributed by atoms with Crippen LogP contribution in [0.1, 0.15) is 51.4 Å². The standard InChI is InChI=1S/C12H20NO/c14-12(11-7-3-1-4-8-11)13-9-5-2-6-10-13/h9,11H,1-8,10H2. The molecule has 0 unspecified atom stereocenters. The van der Waals surface area contributed by atoms with Crippen molar-refractivity contribution in [1.29, 1.82) is 0 Å². The zero-order valence-electron chi connectivity index (χ0n) is 8.87. The Morgan fingerprint density at radius 3 is 2.50 bits per heavy atom. The van der Waals surface area contributed by atoms with Crippen LogP contribution >= 0.6 is 0 Å². The Morgan fingerprint density at radius 2 is 1.86 bits per heavy atom. The number of piperidine rings is 1. The summed E-state index contributed by atoms with van der Waals surface area (Å²) in [5.41, 5.74) is 0. The van der Waals surface area contributed by atoms with Crippen LogP contribution in [0.15, 0.2) is 0 Å². The third kappa shape index (κ3) is 2.28. The summed E-state index contributed by atoms with van der Waals surface area (Å²) in [6, 6.07) is 0. The number of likely N-dealkylation sites (tertiary alicyclic amines) is 1. The molecule has 1 saturated carbocycles. The second kappa shape index (κ2) is 4.81. The van der Waals surface area contributed by atoms with Crippen molar-refractivity contribution in [2.45, 2.75) is 51.4 Å². The van der Waals surface area contributed by atoms with Crippen LogP contribution in [0.3, 0.4) is 0 Å². The van der Waals surface area contributed by atoms with Crippen molar-refractivity contribution < 1.29 is 4.79 Å². The summed E-state index contributed by atoms with van der Waals surface area (Å²) in [5, 5.41) is 0. The number of amides is 1. The number of hydrogen-bond acceptors (Lipinski definition) is 1. The summed E-state index contributed by atoms with van der Waals surface area (Å²) in [5.74, 6) is 0.752. The smallest absolute Gasteiger partial charge is 0.226 e. The van der Waals surface area contributed by atoms with Gasteiger partial charge in [-0.05, 0) is 32.1 Å². The van der Waals surface area contributed by atoms with Crippen LogP contribution in [0.4, 0.5) is 0 Å². The maximum absolute atomic E-state index is 12.0. The Labute approximate surface area is 86.7 Å². The number of nitrogens with zero attached hydrogens (tertiary/aromatic N) is 1. The fourth-order valence-corrected chi connectivity index (χ4v) is 2.55. The third-order valence-electron chi connectivity index (χ3n) is 3.44. The maximum atomic E-state index is 12.0. The van der Waals surface area contributed by atoms with Gasteiger partial charge in [-0.3, -0.25) is 4.79 Å². The molecule has 2 rings (SSSR count). The topological polar surface area (TPSA) is 20.3 Å². The maximum Gasteiger partial charge on any atom is 0.226 e. The molecule has 1 aliphatic heterocycles. The number of carbonyl (C=O) groups is 1. The summed E-state index contributed by atoms with van der Waals surface area (Å²) in [4.78, 5) is 14.0. The second-order valence-corrected chi connectivity index (χ2v) is 4.54. The number of hydrogen-bond donors (Lipinski definition) is 0. The van der Waals surface area contributed by atoms with E-state index in [1.807, 2.05) is 4.90 Å². The lowest BCUT2D eigenvalue weighted by atomic mass is 9.88. The summed E-state index contributed by atoms with van der Waals surface area (Å²) < 4.78 is 0. The molecule has 0 atom stereocenters. The van der Waals surface area contributed by atoms with E-state index >= 15 is 0 Å². The van der Waals surface area contributed by atoms with E-state index in [0.717, 1.165) is 25.8 Å². The molecule has 2 nitrogen and oxygen atoms in total. The fraction of sp³-hybridized carbons (Fsp3) is 0.833. The first-order valence-corrected chi connectivity index (χ1v) is 6.02. The summed E-state index contributed by atoms with van der Waals surface area (Å²) in [6.45, 7) is 3.08. The van der Waals surface area contributed by atoms with E-state index in [-0.39, 0.29) is 0 Å². The van der Waals surface area contributed by atoms with Crippen LogP contribution in [0.5, 0.6) is 0 Å². The zero-order chi connectivity index (χ0) is 9.80. The molecule has 0 bridgehead atoms. The normalized spacial score (nSPS) is 25.0. The van der Waals surface area contributed by atoms with E-state index in [0.29, 0.717) is 11.8 Å². The minimum atomic E-state index is 0.345. The van der Waals surface area contributed by atoms with Gasteiger partial charge >= 0.3 is 0 Å². The molecule has 1 heterocycles. The Bertz CT molecular complexity index is 170. The van der Waals surface area contributed by atoms with Gasteiger partial charge in [0.25, 0.3) is 0 Å². The number of carbonyl (C=O) groups excluding carboxylic acids is 1. The van der Waals surface area contributed by atoms with Crippen molar-refractivity contribution in [3.05, 3.63) is 6.54 Å². The van der Waals surface area contributed by atoms with E-state index < -0.39 is 0 Å². The summed E-state index contributed by atoms with van der Waals surface area (Å²) in [7, 11) is 0. The summed E-state index contributed by atoms with van der Waals surface area (Å²) in [6.07, 6.45) is 9.64. The molecule has 1 saturated heterocycles. The molecule has 14 heavy (non-hydrogen) atoms. The predicted molar refractivity (Wildman–Crippen MR) is 56.4 cm³/mol. The van der Waals surface area contributed by atoms with Crippen molar-refractivity contribution in [3.63, 3.8) is 0 Å². The second-order valence-electron chi connectivity index (χ2n) is 4.54. The van der Waals surface area contributed by atoms with Gasteiger partial charge in [0.2, 0.25) is 5.91 Å². The minimum absolute atomic E-state index is 0.345. The monoisotopic (exact) mass is 194 g/mol. The van der Waals surface area contributed by atoms with Crippen LogP contribution in [-0.2, 0) is 4.79 Å². The quantitative estimate of drug-likeness (QED) is 0.628. The first kappa shape index (κ1) is 10.0. The van der Waals surface area contributed by atoms with Gasteiger partial charge in [0.05, 0.1) is 6.54 Å². The van der Waals surface area contributed by atoms with E-state index in [1.54, 1.807) is 0 Å². The Kier molecular flexibility index (Phi) is 3.44. The minimum Gasteiger partial charge on any atom is -0.337 e. The molecule has 2 aliphatic rings. The molecule has 0 N–H and O–H groups in total. The van der Waals surface area contributed by atoms with Crippen LogP contribution in [0.2, 0.25) is 0 Å². The Morgan fingerprint density at radius 1 is 1.07 bits per heavy atom. The third-order valence-corrected chi connectivity index (χ3v) is 3.44. The lowest BCUT2D eigenvalue weighted by molar-refractivity contribution is -0.135. The fourth-order valence-electron chi connectivity index (χ4n) is 2.55. The highest BCUT2D eigenvalue weighted by molar-refractivity contribution is 5.79. The summed E-state index contributed by atoms with van der Waals surface area (Å²) >= 11 is 0. The Hall–Kier alpha value is -0.530. The van der Waals surface area contributed by atoms with Crippen LogP contribution in [0, 0.1) is 12.5 Å². The number of rotatable bonds is 1. The van der Waals surface area contributed by atoms with Gasteiger partial charge < -0.3 is 4.90 Å². The van der Waals surface area contributed by atoms with E-state index in [4.69, 9.17) is 0 Å². The van der Waals surface area contributed by atoms with Gasteiger partial charge in [0, 0.05) is 12.5 Å². The first-order valence-electron chi connectivity index (χ1n) is 6.02. The van der Waals surface area contributed by atoms with Crippen LogP contribution in [-0.4, -0.2) is 17.4 Å². The largest absolute Gasteiger partial charge is 0.337 e. The molecule has 0 aromatic rings. The van der Waals surface area contributed by atoms with Crippen molar-refractivity contribution in [2.24, 2.45) is 5.92 Å². The molecule has 1 radical (unpaired) electrons. The molecule has 2 heteroatoms. The molecule has 1 aliphatic carbocycles. The Balaban J connectivity index is 1.85. The van der Waals surface area contributed by atoms with Crippen LogP contribution < -0.4 is 0 Å². The highest BCUT2D eigenvalue weighted by atomic mass is 16.2. The van der Waals surface area contributed by atoms with E-state index in [9.17, 15) is 4.79 Å². The molecule has 0 aromatic heterocycles. The average molecular weight is 194 g/mol. The molecule has 79 valence electrons.